The van der Waals surface area contributed by atoms with Crippen LogP contribution in [0.1, 0.15) is 22.0 Å². The first-order chi connectivity index (χ1) is 15.3. The number of amides is 1. The van der Waals surface area contributed by atoms with E-state index in [1.54, 1.807) is 32.4 Å². The van der Waals surface area contributed by atoms with E-state index >= 15 is 0 Å². The maximum atomic E-state index is 12.8. The summed E-state index contributed by atoms with van der Waals surface area (Å²) in [5.41, 5.74) is 1.69. The van der Waals surface area contributed by atoms with Crippen molar-refractivity contribution in [2.75, 3.05) is 58.0 Å². The Morgan fingerprint density at radius 3 is 2.47 bits per heavy atom. The summed E-state index contributed by atoms with van der Waals surface area (Å²) in [4.78, 5) is 15.1. The van der Waals surface area contributed by atoms with Gasteiger partial charge in [0.1, 0.15) is 0 Å². The minimum absolute atomic E-state index is 0.0972. The summed E-state index contributed by atoms with van der Waals surface area (Å²) in [7, 11) is -0.255. The number of morpholine rings is 1. The Balaban J connectivity index is 1.79. The van der Waals surface area contributed by atoms with Crippen LogP contribution in [0.4, 0.5) is 5.69 Å². The van der Waals surface area contributed by atoms with E-state index in [2.05, 4.69) is 14.9 Å². The number of nitrogens with zero attached hydrogens (tertiary/aromatic N) is 1. The molecular formula is C22H29N3O6S. The molecule has 174 valence electrons. The summed E-state index contributed by atoms with van der Waals surface area (Å²) in [5.74, 6) is 0.964. The molecule has 0 bridgehead atoms. The Hall–Kier alpha value is -2.82. The molecule has 2 aromatic carbocycles. The fourth-order valence-electron chi connectivity index (χ4n) is 3.64. The molecule has 0 spiro atoms. The van der Waals surface area contributed by atoms with E-state index in [1.807, 2.05) is 18.2 Å². The van der Waals surface area contributed by atoms with Crippen LogP contribution in [-0.2, 0) is 14.8 Å². The second-order valence-electron chi connectivity index (χ2n) is 7.44. The quantitative estimate of drug-likeness (QED) is 0.585. The summed E-state index contributed by atoms with van der Waals surface area (Å²) in [6, 6.07) is 12.0. The van der Waals surface area contributed by atoms with Crippen LogP contribution >= 0.6 is 0 Å². The molecule has 0 unspecified atom stereocenters. The molecule has 9 nitrogen and oxygen atoms in total. The summed E-state index contributed by atoms with van der Waals surface area (Å²) >= 11 is 0. The van der Waals surface area contributed by atoms with Crippen LogP contribution in [0.3, 0.4) is 0 Å². The van der Waals surface area contributed by atoms with Gasteiger partial charge in [0.15, 0.2) is 11.5 Å². The highest BCUT2D eigenvalue weighted by Crippen LogP contribution is 2.32. The van der Waals surface area contributed by atoms with Crippen molar-refractivity contribution in [2.45, 2.75) is 6.04 Å². The zero-order chi connectivity index (χ0) is 23.1. The van der Waals surface area contributed by atoms with Gasteiger partial charge in [-0.15, -0.1) is 0 Å². The van der Waals surface area contributed by atoms with E-state index in [-0.39, 0.29) is 11.9 Å². The third-order valence-corrected chi connectivity index (χ3v) is 5.77. The van der Waals surface area contributed by atoms with Gasteiger partial charge in [0, 0.05) is 30.9 Å². The lowest BCUT2D eigenvalue weighted by Crippen LogP contribution is -2.43. The second-order valence-corrected chi connectivity index (χ2v) is 9.19. The van der Waals surface area contributed by atoms with Gasteiger partial charge in [0.2, 0.25) is 10.0 Å². The molecule has 1 atom stereocenters. The highest BCUT2D eigenvalue weighted by Gasteiger charge is 2.24. The molecular weight excluding hydrogens is 434 g/mol. The highest BCUT2D eigenvalue weighted by molar-refractivity contribution is 7.92. The van der Waals surface area contributed by atoms with E-state index < -0.39 is 10.0 Å². The van der Waals surface area contributed by atoms with Gasteiger partial charge in [-0.1, -0.05) is 12.1 Å². The number of rotatable bonds is 9. The predicted molar refractivity (Wildman–Crippen MR) is 122 cm³/mol. The van der Waals surface area contributed by atoms with Crippen molar-refractivity contribution in [3.8, 4) is 11.5 Å². The number of hydrogen-bond donors (Lipinski definition) is 2. The standard InChI is InChI=1S/C22H29N3O6S/c1-29-20-8-7-16(14-21(20)30-2)19(25-9-11-31-12-10-25)15-23-22(26)17-5-4-6-18(13-17)24-32(3,27)28/h4-8,13-14,19,24H,9-12,15H2,1-3H3,(H,23,26)/t19-/m1/s1. The van der Waals surface area contributed by atoms with Crippen molar-refractivity contribution >= 4 is 21.6 Å². The number of methoxy groups -OCH3 is 2. The van der Waals surface area contributed by atoms with Crippen LogP contribution < -0.4 is 19.5 Å². The lowest BCUT2D eigenvalue weighted by atomic mass is 10.0. The monoisotopic (exact) mass is 463 g/mol. The lowest BCUT2D eigenvalue weighted by Gasteiger charge is -2.35. The van der Waals surface area contributed by atoms with Crippen molar-refractivity contribution < 1.29 is 27.4 Å². The smallest absolute Gasteiger partial charge is 0.251 e. The molecule has 1 fully saturated rings. The van der Waals surface area contributed by atoms with Crippen LogP contribution in [0.2, 0.25) is 0 Å². The molecule has 1 aliphatic rings. The fourth-order valence-corrected chi connectivity index (χ4v) is 4.19. The average molecular weight is 464 g/mol. The average Bonchev–Trinajstić information content (AvgIpc) is 2.78. The summed E-state index contributed by atoms with van der Waals surface area (Å²) in [5, 5.41) is 2.98. The molecule has 32 heavy (non-hydrogen) atoms. The molecule has 1 amide bonds. The molecule has 3 rings (SSSR count). The van der Waals surface area contributed by atoms with Crippen LogP contribution in [0.5, 0.6) is 11.5 Å². The van der Waals surface area contributed by atoms with Gasteiger partial charge in [0.25, 0.3) is 5.91 Å². The number of benzene rings is 2. The van der Waals surface area contributed by atoms with Crippen molar-refractivity contribution in [3.63, 3.8) is 0 Å². The predicted octanol–water partition coefficient (Wildman–Crippen LogP) is 1.88. The minimum Gasteiger partial charge on any atom is -0.493 e. The Kier molecular flexibility index (Phi) is 7.94. The van der Waals surface area contributed by atoms with Gasteiger partial charge in [-0.05, 0) is 35.9 Å². The fraction of sp³-hybridized carbons (Fsp3) is 0.409. The van der Waals surface area contributed by atoms with Crippen molar-refractivity contribution in [1.82, 2.24) is 10.2 Å². The molecule has 0 aromatic heterocycles. The first-order valence-corrected chi connectivity index (χ1v) is 12.1. The Labute approximate surface area is 188 Å². The number of nitrogens with one attached hydrogen (secondary N) is 2. The van der Waals surface area contributed by atoms with Crippen LogP contribution in [0, 0.1) is 0 Å². The molecule has 2 N–H and O–H groups in total. The van der Waals surface area contributed by atoms with Crippen LogP contribution in [0.15, 0.2) is 42.5 Å². The van der Waals surface area contributed by atoms with E-state index in [4.69, 9.17) is 14.2 Å². The first-order valence-electron chi connectivity index (χ1n) is 10.2. The third-order valence-electron chi connectivity index (χ3n) is 5.16. The zero-order valence-electron chi connectivity index (χ0n) is 18.5. The van der Waals surface area contributed by atoms with Crippen molar-refractivity contribution in [2.24, 2.45) is 0 Å². The molecule has 1 aliphatic heterocycles. The normalized spacial score (nSPS) is 15.6. The summed E-state index contributed by atoms with van der Waals surface area (Å²) in [6.45, 7) is 3.08. The zero-order valence-corrected chi connectivity index (χ0v) is 19.3. The van der Waals surface area contributed by atoms with Crippen LogP contribution in [0.25, 0.3) is 0 Å². The van der Waals surface area contributed by atoms with Crippen molar-refractivity contribution in [1.29, 1.82) is 0 Å². The molecule has 2 aromatic rings. The highest BCUT2D eigenvalue weighted by atomic mass is 32.2. The summed E-state index contributed by atoms with van der Waals surface area (Å²) in [6.07, 6.45) is 1.07. The maximum absolute atomic E-state index is 12.8. The Bertz CT molecular complexity index is 1040. The molecule has 0 saturated carbocycles. The molecule has 1 saturated heterocycles. The lowest BCUT2D eigenvalue weighted by molar-refractivity contribution is 0.0162. The maximum Gasteiger partial charge on any atom is 0.251 e. The largest absolute Gasteiger partial charge is 0.493 e. The van der Waals surface area contributed by atoms with E-state index in [1.165, 1.54) is 6.07 Å². The van der Waals surface area contributed by atoms with E-state index in [9.17, 15) is 13.2 Å². The van der Waals surface area contributed by atoms with Crippen molar-refractivity contribution in [3.05, 3.63) is 53.6 Å². The van der Waals surface area contributed by atoms with Gasteiger partial charge in [0.05, 0.1) is 39.7 Å². The molecule has 1 heterocycles. The summed E-state index contributed by atoms with van der Waals surface area (Å²) < 4.78 is 41.6. The SMILES string of the molecule is COc1ccc([C@@H](CNC(=O)c2cccc(NS(C)(=O)=O)c2)N2CCOCC2)cc1OC. The number of anilines is 1. The van der Waals surface area contributed by atoms with Gasteiger partial charge in [-0.25, -0.2) is 8.42 Å². The molecule has 0 aliphatic carbocycles. The number of carbonyl (C=O) groups excluding carboxylic acids is 1. The Morgan fingerprint density at radius 2 is 1.81 bits per heavy atom. The third kappa shape index (κ3) is 6.35. The second kappa shape index (κ2) is 10.7. The Morgan fingerprint density at radius 1 is 1.09 bits per heavy atom. The van der Waals surface area contributed by atoms with Gasteiger partial charge in [-0.3, -0.25) is 14.4 Å². The minimum atomic E-state index is -3.43. The molecule has 0 radical (unpaired) electrons. The van der Waals surface area contributed by atoms with Crippen LogP contribution in [-0.4, -0.2) is 72.5 Å². The van der Waals surface area contributed by atoms with Gasteiger partial charge < -0.3 is 19.5 Å². The first kappa shape index (κ1) is 23.8. The van der Waals surface area contributed by atoms with Gasteiger partial charge >= 0.3 is 0 Å². The number of ether oxygens (including phenoxy) is 3. The van der Waals surface area contributed by atoms with E-state index in [0.29, 0.717) is 42.5 Å². The van der Waals surface area contributed by atoms with E-state index in [0.717, 1.165) is 24.9 Å². The van der Waals surface area contributed by atoms with Gasteiger partial charge in [-0.2, -0.15) is 0 Å². The topological polar surface area (TPSA) is 106 Å². The number of carbonyl (C=O) groups is 1. The number of hydrogen-bond acceptors (Lipinski definition) is 7. The molecule has 10 heteroatoms. The number of sulfonamides is 1.